The summed E-state index contributed by atoms with van der Waals surface area (Å²) in [5.74, 6) is 6.01. The number of benzene rings is 2. The maximum Gasteiger partial charge on any atom is 0.247 e. The molecule has 0 aliphatic carbocycles. The quantitative estimate of drug-likeness (QED) is 0.305. The van der Waals surface area contributed by atoms with Crippen LogP contribution in [0.4, 0.5) is 11.5 Å². The summed E-state index contributed by atoms with van der Waals surface area (Å²) in [5.41, 5.74) is 8.53. The summed E-state index contributed by atoms with van der Waals surface area (Å²) in [7, 11) is 0. The normalized spacial score (nSPS) is 11.6. The molecule has 6 N–H and O–H groups in total. The van der Waals surface area contributed by atoms with E-state index in [-0.39, 0.29) is 5.91 Å². The fourth-order valence-corrected chi connectivity index (χ4v) is 3.10. The van der Waals surface area contributed by atoms with Crippen molar-refractivity contribution in [3.63, 3.8) is 0 Å². The number of aromatic nitrogens is 1. The van der Waals surface area contributed by atoms with Gasteiger partial charge >= 0.3 is 0 Å². The van der Waals surface area contributed by atoms with Gasteiger partial charge in [-0.3, -0.25) is 9.80 Å². The number of amides is 1. The van der Waals surface area contributed by atoms with Crippen molar-refractivity contribution < 1.29 is 4.79 Å². The summed E-state index contributed by atoms with van der Waals surface area (Å²) < 4.78 is 0. The highest BCUT2D eigenvalue weighted by atomic mass is 16.2. The average molecular weight is 428 g/mol. The Morgan fingerprint density at radius 3 is 2.50 bits per heavy atom. The number of nitrogens with two attached hydrogens (primary N) is 2. The van der Waals surface area contributed by atoms with Crippen LogP contribution >= 0.6 is 0 Å². The summed E-state index contributed by atoms with van der Waals surface area (Å²) >= 11 is 0. The molecular weight excluding hydrogens is 402 g/mol. The van der Waals surface area contributed by atoms with Gasteiger partial charge in [0.05, 0.1) is 23.5 Å². The van der Waals surface area contributed by atoms with E-state index in [4.69, 9.17) is 16.8 Å². The third-order valence-corrected chi connectivity index (χ3v) is 4.78. The number of rotatable bonds is 9. The molecule has 0 saturated heterocycles. The largest absolute Gasteiger partial charge is 0.403 e. The van der Waals surface area contributed by atoms with Gasteiger partial charge in [0.2, 0.25) is 5.91 Å². The molecule has 1 atom stereocenters. The van der Waals surface area contributed by atoms with Crippen LogP contribution in [-0.2, 0) is 11.2 Å². The van der Waals surface area contributed by atoms with Gasteiger partial charge in [-0.25, -0.2) is 10.8 Å². The summed E-state index contributed by atoms with van der Waals surface area (Å²) in [4.78, 5) is 17.3. The predicted molar refractivity (Wildman–Crippen MR) is 125 cm³/mol. The van der Waals surface area contributed by atoms with Crippen LogP contribution in [0.15, 0.2) is 85.3 Å². The van der Waals surface area contributed by atoms with Crippen LogP contribution in [0.2, 0.25) is 0 Å². The zero-order chi connectivity index (χ0) is 22.8. The molecule has 8 heteroatoms. The van der Waals surface area contributed by atoms with Gasteiger partial charge in [-0.05, 0) is 41.8 Å². The van der Waals surface area contributed by atoms with Gasteiger partial charge in [0.15, 0.2) is 0 Å². The number of carbonyl (C=O) groups is 1. The van der Waals surface area contributed by atoms with E-state index in [1.54, 1.807) is 30.5 Å². The first-order chi connectivity index (χ1) is 15.6. The van der Waals surface area contributed by atoms with Crippen LogP contribution in [0.3, 0.4) is 0 Å². The molecule has 0 aliphatic rings. The number of hydrogen-bond acceptors (Lipinski definition) is 7. The first-order valence-corrected chi connectivity index (χ1v) is 10.1. The van der Waals surface area contributed by atoms with E-state index < -0.39 is 6.04 Å². The Bertz CT molecular complexity index is 1070. The minimum Gasteiger partial charge on any atom is -0.403 e. The van der Waals surface area contributed by atoms with Crippen LogP contribution in [-0.4, -0.2) is 17.4 Å². The summed E-state index contributed by atoms with van der Waals surface area (Å²) in [6.07, 6.45) is 5.09. The number of anilines is 2. The fourth-order valence-electron chi connectivity index (χ4n) is 3.10. The van der Waals surface area contributed by atoms with Crippen molar-refractivity contribution in [1.29, 1.82) is 5.26 Å². The molecule has 32 heavy (non-hydrogen) atoms. The molecule has 1 aromatic heterocycles. The molecule has 8 nitrogen and oxygen atoms in total. The molecular formula is C24H25N7O. The fraction of sp³-hybridized carbons (Fsp3) is 0.125. The SMILES string of the molecule is N#Cc1ccc(CCNC(C(=O)Nc2ccc(N(N)/C=C\N)cn2)c2ccccc2)cc1. The van der Waals surface area contributed by atoms with E-state index in [1.807, 2.05) is 42.5 Å². The second-order valence-corrected chi connectivity index (χ2v) is 7.00. The first-order valence-electron chi connectivity index (χ1n) is 10.1. The monoisotopic (exact) mass is 427 g/mol. The van der Waals surface area contributed by atoms with E-state index in [0.29, 0.717) is 23.6 Å². The van der Waals surface area contributed by atoms with E-state index in [0.717, 1.165) is 17.5 Å². The minimum absolute atomic E-state index is 0.220. The molecule has 2 aromatic carbocycles. The lowest BCUT2D eigenvalue weighted by Gasteiger charge is -2.19. The lowest BCUT2D eigenvalue weighted by Crippen LogP contribution is -2.34. The molecule has 0 radical (unpaired) electrons. The Balaban J connectivity index is 1.66. The predicted octanol–water partition coefficient (Wildman–Crippen LogP) is 2.58. The Hall–Kier alpha value is -4.19. The number of nitriles is 1. The lowest BCUT2D eigenvalue weighted by atomic mass is 10.1. The van der Waals surface area contributed by atoms with Crippen molar-refractivity contribution in [1.82, 2.24) is 10.3 Å². The molecule has 0 spiro atoms. The van der Waals surface area contributed by atoms with E-state index >= 15 is 0 Å². The van der Waals surface area contributed by atoms with E-state index in [2.05, 4.69) is 21.7 Å². The van der Waals surface area contributed by atoms with Crippen molar-refractivity contribution in [2.45, 2.75) is 12.5 Å². The highest BCUT2D eigenvalue weighted by Gasteiger charge is 2.20. The van der Waals surface area contributed by atoms with Gasteiger partial charge in [-0.1, -0.05) is 42.5 Å². The van der Waals surface area contributed by atoms with Crippen LogP contribution in [0.1, 0.15) is 22.7 Å². The second-order valence-electron chi connectivity index (χ2n) is 7.00. The standard InChI is InChI=1S/C24H25N7O/c25-13-15-31(27)21-10-11-22(29-17-21)30-24(32)23(20-4-2-1-3-5-20)28-14-12-18-6-8-19(16-26)9-7-18/h1-11,13,15,17,23,28H,12,14,25,27H2,(H,29,30,32)/b15-13-. The zero-order valence-electron chi connectivity index (χ0n) is 17.5. The van der Waals surface area contributed by atoms with Crippen LogP contribution in [0, 0.1) is 11.3 Å². The zero-order valence-corrected chi connectivity index (χ0v) is 17.5. The molecule has 1 unspecified atom stereocenters. The van der Waals surface area contributed by atoms with Gasteiger partial charge in [-0.15, -0.1) is 0 Å². The Kier molecular flexibility index (Phi) is 7.92. The number of nitrogens with one attached hydrogen (secondary N) is 2. The van der Waals surface area contributed by atoms with Gasteiger partial charge in [0.25, 0.3) is 0 Å². The summed E-state index contributed by atoms with van der Waals surface area (Å²) in [6.45, 7) is 0.582. The van der Waals surface area contributed by atoms with Crippen molar-refractivity contribution in [3.8, 4) is 6.07 Å². The van der Waals surface area contributed by atoms with Crippen LogP contribution in [0.5, 0.6) is 0 Å². The lowest BCUT2D eigenvalue weighted by molar-refractivity contribution is -0.118. The number of hydrogen-bond donors (Lipinski definition) is 4. The molecule has 0 saturated carbocycles. The molecule has 0 aliphatic heterocycles. The maximum atomic E-state index is 13.0. The highest BCUT2D eigenvalue weighted by Crippen LogP contribution is 2.17. The Labute approximate surface area is 187 Å². The van der Waals surface area contributed by atoms with Gasteiger partial charge in [0.1, 0.15) is 11.9 Å². The Morgan fingerprint density at radius 2 is 1.88 bits per heavy atom. The van der Waals surface area contributed by atoms with Crippen molar-refractivity contribution >= 4 is 17.4 Å². The molecule has 1 heterocycles. The topological polar surface area (TPSA) is 133 Å². The van der Waals surface area contributed by atoms with Gasteiger partial charge < -0.3 is 16.4 Å². The third-order valence-electron chi connectivity index (χ3n) is 4.78. The molecule has 0 bridgehead atoms. The van der Waals surface area contributed by atoms with Gasteiger partial charge in [0, 0.05) is 18.9 Å². The smallest absolute Gasteiger partial charge is 0.247 e. The number of hydrazine groups is 1. The second kappa shape index (κ2) is 11.3. The first kappa shape index (κ1) is 22.5. The number of pyridine rings is 1. The van der Waals surface area contributed by atoms with E-state index in [9.17, 15) is 4.79 Å². The van der Waals surface area contributed by atoms with Crippen molar-refractivity contribution in [2.24, 2.45) is 11.6 Å². The highest BCUT2D eigenvalue weighted by molar-refractivity contribution is 5.94. The summed E-state index contributed by atoms with van der Waals surface area (Å²) in [6, 6.07) is 21.9. The van der Waals surface area contributed by atoms with Crippen molar-refractivity contribution in [3.05, 3.63) is 102 Å². The summed E-state index contributed by atoms with van der Waals surface area (Å²) in [5, 5.41) is 16.4. The number of carbonyl (C=O) groups excluding carboxylic acids is 1. The molecule has 1 amide bonds. The van der Waals surface area contributed by atoms with Gasteiger partial charge in [-0.2, -0.15) is 5.26 Å². The molecule has 3 rings (SSSR count). The van der Waals surface area contributed by atoms with Crippen LogP contribution in [0.25, 0.3) is 0 Å². The minimum atomic E-state index is -0.553. The molecule has 0 fully saturated rings. The van der Waals surface area contributed by atoms with E-state index in [1.165, 1.54) is 17.4 Å². The molecule has 3 aromatic rings. The maximum absolute atomic E-state index is 13.0. The number of nitrogens with zero attached hydrogens (tertiary/aromatic N) is 3. The molecule has 162 valence electrons. The van der Waals surface area contributed by atoms with Crippen LogP contribution < -0.4 is 27.2 Å². The Morgan fingerprint density at radius 1 is 1.12 bits per heavy atom. The third kappa shape index (κ3) is 6.15. The van der Waals surface area contributed by atoms with Crippen molar-refractivity contribution in [2.75, 3.05) is 16.9 Å². The average Bonchev–Trinajstić information content (AvgIpc) is 2.83.